The highest BCUT2D eigenvalue weighted by molar-refractivity contribution is 7.80. The van der Waals surface area contributed by atoms with Crippen LogP contribution in [0.15, 0.2) is 109 Å². The lowest BCUT2D eigenvalue weighted by Gasteiger charge is -2.10. The molecule has 0 atom stereocenters. The van der Waals surface area contributed by atoms with E-state index in [0.29, 0.717) is 11.1 Å². The van der Waals surface area contributed by atoms with E-state index in [0.717, 1.165) is 21.5 Å². The molecule has 0 aromatic heterocycles. The third-order valence-corrected chi connectivity index (χ3v) is 6.83. The fraction of sp³-hybridized carbons (Fsp3) is 0. The molecule has 3 nitrogen and oxygen atoms in total. The normalized spacial score (nSPS) is 10.9. The van der Waals surface area contributed by atoms with Crippen LogP contribution in [0.5, 0.6) is 0 Å². The van der Waals surface area contributed by atoms with Gasteiger partial charge in [-0.15, -0.1) is 0 Å². The van der Waals surface area contributed by atoms with Crippen molar-refractivity contribution in [3.05, 3.63) is 120 Å². The van der Waals surface area contributed by atoms with Crippen LogP contribution < -0.4 is 0 Å². The lowest BCUT2D eigenvalue weighted by atomic mass is 9.95. The molecule has 6 rings (SSSR count). The summed E-state index contributed by atoms with van der Waals surface area (Å²) in [5, 5.41) is 3.72. The molecule has 2 aliphatic rings. The van der Waals surface area contributed by atoms with Gasteiger partial charge in [-0.25, -0.2) is 9.59 Å². The first-order valence-electron chi connectivity index (χ1n) is 10.2. The van der Waals surface area contributed by atoms with Crippen LogP contribution in [0.3, 0.4) is 0 Å². The Labute approximate surface area is 186 Å². The highest BCUT2D eigenvalue weighted by atomic mass is 31.1. The van der Waals surface area contributed by atoms with Crippen molar-refractivity contribution in [3.8, 4) is 11.1 Å². The minimum atomic E-state index is -2.69. The lowest BCUT2D eigenvalue weighted by molar-refractivity contribution is 0.104. The predicted octanol–water partition coefficient (Wildman–Crippen LogP) is 7.47. The van der Waals surface area contributed by atoms with Crippen LogP contribution in [-0.2, 0) is 4.57 Å². The van der Waals surface area contributed by atoms with Crippen molar-refractivity contribution in [3.63, 3.8) is 0 Å². The third kappa shape index (κ3) is 3.75. The molecule has 32 heavy (non-hydrogen) atoms. The molecular weight excluding hydrogens is 415 g/mol. The van der Waals surface area contributed by atoms with Crippen LogP contribution in [-0.4, -0.2) is 11.0 Å². The second-order valence-corrected chi connectivity index (χ2v) is 9.01. The molecule has 152 valence electrons. The molecule has 0 unspecified atom stereocenters. The van der Waals surface area contributed by atoms with Gasteiger partial charge >= 0.3 is 18.8 Å². The predicted molar refractivity (Wildman–Crippen MR) is 130 cm³/mol. The molecule has 0 spiro atoms. The summed E-state index contributed by atoms with van der Waals surface area (Å²) in [7, 11) is -2.69. The second-order valence-electron chi connectivity index (χ2n) is 7.61. The minimum Gasteiger partial charge on any atom is -0.234 e. The van der Waals surface area contributed by atoms with Crippen molar-refractivity contribution in [1.29, 1.82) is 0 Å². The first kappa shape index (κ1) is 20.0. The van der Waals surface area contributed by atoms with Gasteiger partial charge in [-0.05, 0) is 56.9 Å². The van der Waals surface area contributed by atoms with Crippen molar-refractivity contribution < 1.29 is 14.2 Å². The summed E-state index contributed by atoms with van der Waals surface area (Å²) in [4.78, 5) is 25.1. The van der Waals surface area contributed by atoms with Crippen LogP contribution in [0.1, 0.15) is 20.7 Å². The van der Waals surface area contributed by atoms with Gasteiger partial charge in [-0.3, -0.25) is 0 Å². The van der Waals surface area contributed by atoms with Gasteiger partial charge in [0.05, 0.1) is 11.1 Å². The van der Waals surface area contributed by atoms with Gasteiger partial charge in [0.15, 0.2) is 0 Å². The number of hydrogen-bond donors (Lipinski definition) is 0. The van der Waals surface area contributed by atoms with E-state index < -0.39 is 18.8 Å². The Balaban J connectivity index is 0.000000306. The SMILES string of the molecule is O=C(c1ccc2ccccc2c1)[P+](=O)C(=O)c1ccc2ccccc2c1.c1cc2ccc1-2. The zero-order chi connectivity index (χ0) is 22.1. The van der Waals surface area contributed by atoms with Crippen LogP contribution in [0, 0.1) is 0 Å². The average Bonchev–Trinajstić information content (AvgIpc) is 2.84. The van der Waals surface area contributed by atoms with E-state index in [1.165, 1.54) is 11.1 Å². The Morgan fingerprint density at radius 2 is 0.844 bits per heavy atom. The maximum absolute atomic E-state index is 12.6. The molecule has 4 aromatic carbocycles. The number of hydrogen-bond acceptors (Lipinski definition) is 3. The number of benzene rings is 5. The summed E-state index contributed by atoms with van der Waals surface area (Å²) in [6.07, 6.45) is 0. The third-order valence-electron chi connectivity index (χ3n) is 5.58. The lowest BCUT2D eigenvalue weighted by Crippen LogP contribution is -2.01. The zero-order valence-electron chi connectivity index (χ0n) is 17.1. The molecule has 2 aliphatic carbocycles. The van der Waals surface area contributed by atoms with E-state index in [1.54, 1.807) is 36.4 Å². The Bertz CT molecular complexity index is 1400. The quantitative estimate of drug-likeness (QED) is 0.271. The molecule has 0 N–H and O–H groups in total. The molecule has 0 amide bonds. The molecule has 4 heteroatoms. The Kier molecular flexibility index (Phi) is 5.18. The highest BCUT2D eigenvalue weighted by Crippen LogP contribution is 2.33. The van der Waals surface area contributed by atoms with Gasteiger partial charge in [0.1, 0.15) is 0 Å². The van der Waals surface area contributed by atoms with Crippen molar-refractivity contribution in [2.75, 3.05) is 0 Å². The molecule has 0 aliphatic heterocycles. The van der Waals surface area contributed by atoms with Gasteiger partial charge in [-0.2, -0.15) is 0 Å². The summed E-state index contributed by atoms with van der Waals surface area (Å²) in [5.74, 6) is 0. The van der Waals surface area contributed by atoms with Crippen LogP contribution in [0.2, 0.25) is 0 Å². The topological polar surface area (TPSA) is 51.2 Å². The number of carbonyl (C=O) groups excluding carboxylic acids is 2. The zero-order valence-corrected chi connectivity index (χ0v) is 18.0. The summed E-state index contributed by atoms with van der Waals surface area (Å²) in [6, 6.07) is 33.9. The second kappa shape index (κ2) is 8.30. The van der Waals surface area contributed by atoms with Gasteiger partial charge in [0.2, 0.25) is 0 Å². The van der Waals surface area contributed by atoms with E-state index in [-0.39, 0.29) is 0 Å². The van der Waals surface area contributed by atoms with E-state index in [2.05, 4.69) is 24.3 Å². The van der Waals surface area contributed by atoms with Crippen LogP contribution in [0.4, 0.5) is 0 Å². The van der Waals surface area contributed by atoms with Gasteiger partial charge in [-0.1, -0.05) is 89.5 Å². The van der Waals surface area contributed by atoms with E-state index in [9.17, 15) is 14.2 Å². The van der Waals surface area contributed by atoms with Gasteiger partial charge in [0, 0.05) is 0 Å². The molecule has 0 saturated heterocycles. The molecule has 0 fully saturated rings. The van der Waals surface area contributed by atoms with Crippen molar-refractivity contribution in [2.45, 2.75) is 0 Å². The monoisotopic (exact) mass is 433 g/mol. The molecule has 0 bridgehead atoms. The number of rotatable bonds is 4. The smallest absolute Gasteiger partial charge is 0.234 e. The first-order valence-corrected chi connectivity index (χ1v) is 11.5. The summed E-state index contributed by atoms with van der Waals surface area (Å²) < 4.78 is 12.6. The molecular formula is C28H18O3P+. The Morgan fingerprint density at radius 1 is 0.469 bits per heavy atom. The van der Waals surface area contributed by atoms with Crippen molar-refractivity contribution in [2.24, 2.45) is 0 Å². The molecule has 0 saturated carbocycles. The van der Waals surface area contributed by atoms with Crippen LogP contribution >= 0.6 is 7.80 Å². The standard InChI is InChI=1S/C22H14O3P.C6H4/c23-21(19-11-9-15-5-1-3-7-17(15)13-19)26(25)22(24)20-12-10-16-6-2-4-8-18(16)14-20;1-2-6-4-3-5(1)6/h1-14H;1-4H/q+1;. The van der Waals surface area contributed by atoms with E-state index >= 15 is 0 Å². The Hall–Kier alpha value is -3.94. The fourth-order valence-electron chi connectivity index (χ4n) is 3.63. The maximum Gasteiger partial charge on any atom is 0.501 e. The van der Waals surface area contributed by atoms with E-state index in [1.807, 2.05) is 48.5 Å². The van der Waals surface area contributed by atoms with Crippen LogP contribution in [0.25, 0.3) is 32.7 Å². The minimum absolute atomic E-state index is 0.291. The number of carbonyl (C=O) groups is 2. The highest BCUT2D eigenvalue weighted by Gasteiger charge is 2.40. The van der Waals surface area contributed by atoms with E-state index in [4.69, 9.17) is 0 Å². The maximum atomic E-state index is 12.6. The molecule has 0 radical (unpaired) electrons. The van der Waals surface area contributed by atoms with Crippen molar-refractivity contribution >= 4 is 40.4 Å². The largest absolute Gasteiger partial charge is 0.501 e. The summed E-state index contributed by atoms with van der Waals surface area (Å²) in [5.41, 5.74) is 2.16. The van der Waals surface area contributed by atoms with Gasteiger partial charge < -0.3 is 0 Å². The molecule has 4 aromatic rings. The Morgan fingerprint density at radius 3 is 1.19 bits per heavy atom. The van der Waals surface area contributed by atoms with Crippen molar-refractivity contribution in [1.82, 2.24) is 0 Å². The molecule has 0 heterocycles. The average molecular weight is 433 g/mol. The number of fused-ring (bicyclic) bond motifs is 3. The fourth-order valence-corrected chi connectivity index (χ4v) is 4.57. The summed E-state index contributed by atoms with van der Waals surface area (Å²) in [6.45, 7) is 0. The summed E-state index contributed by atoms with van der Waals surface area (Å²) >= 11 is 0. The van der Waals surface area contributed by atoms with Gasteiger partial charge in [0.25, 0.3) is 0 Å². The first-order chi connectivity index (χ1) is 15.6.